The van der Waals surface area contributed by atoms with Crippen LogP contribution in [0.3, 0.4) is 0 Å². The quantitative estimate of drug-likeness (QED) is 0.393. The number of rotatable bonds is 7. The maximum atomic E-state index is 11.5. The molecule has 30 heavy (non-hydrogen) atoms. The fraction of sp³-hybridized carbons (Fsp3) is 0.0455. The second-order valence-electron chi connectivity index (χ2n) is 6.16. The van der Waals surface area contributed by atoms with Crippen molar-refractivity contribution in [3.63, 3.8) is 0 Å². The number of amides is 1. The molecular formula is C22H18N4O3S. The van der Waals surface area contributed by atoms with Gasteiger partial charge in [0.25, 0.3) is 0 Å². The first kappa shape index (κ1) is 19.4. The molecule has 0 aliphatic heterocycles. The average molecular weight is 418 g/mol. The summed E-state index contributed by atoms with van der Waals surface area (Å²) in [6.45, 7) is 3.46. The lowest BCUT2D eigenvalue weighted by Crippen LogP contribution is -2.07. The van der Waals surface area contributed by atoms with Crippen LogP contribution in [0.4, 0.5) is 17.3 Å². The van der Waals surface area contributed by atoms with Crippen LogP contribution in [-0.4, -0.2) is 23.0 Å². The van der Waals surface area contributed by atoms with E-state index in [0.29, 0.717) is 23.3 Å². The highest BCUT2D eigenvalue weighted by atomic mass is 32.1. The van der Waals surface area contributed by atoms with E-state index >= 15 is 0 Å². The van der Waals surface area contributed by atoms with Crippen LogP contribution in [-0.2, 0) is 4.79 Å². The molecule has 2 N–H and O–H groups in total. The average Bonchev–Trinajstić information content (AvgIpc) is 3.23. The van der Waals surface area contributed by atoms with Gasteiger partial charge in [-0.2, -0.15) is 4.98 Å². The van der Waals surface area contributed by atoms with Crippen LogP contribution in [0.5, 0.6) is 17.4 Å². The summed E-state index contributed by atoms with van der Waals surface area (Å²) in [6, 6.07) is 16.5. The Morgan fingerprint density at radius 2 is 1.90 bits per heavy atom. The Labute approximate surface area is 177 Å². The Hall–Kier alpha value is -3.91. The first-order chi connectivity index (χ1) is 14.6. The number of thiophene rings is 1. The molecular weight excluding hydrogens is 400 g/mol. The van der Waals surface area contributed by atoms with Gasteiger partial charge in [0.1, 0.15) is 16.2 Å². The van der Waals surface area contributed by atoms with Crippen molar-refractivity contribution in [3.05, 3.63) is 72.6 Å². The number of nitrogens with one attached hydrogen (secondary N) is 2. The van der Waals surface area contributed by atoms with Gasteiger partial charge in [-0.15, -0.1) is 11.3 Å². The van der Waals surface area contributed by atoms with E-state index < -0.39 is 0 Å². The second kappa shape index (κ2) is 8.62. The van der Waals surface area contributed by atoms with Gasteiger partial charge in [-0.1, -0.05) is 12.6 Å². The van der Waals surface area contributed by atoms with Gasteiger partial charge in [0, 0.05) is 17.4 Å². The van der Waals surface area contributed by atoms with E-state index in [4.69, 9.17) is 9.47 Å². The predicted molar refractivity (Wildman–Crippen MR) is 119 cm³/mol. The number of ether oxygens (including phenoxy) is 2. The highest BCUT2D eigenvalue weighted by molar-refractivity contribution is 7.17. The molecule has 0 aliphatic rings. The maximum Gasteiger partial charge on any atom is 0.247 e. The summed E-state index contributed by atoms with van der Waals surface area (Å²) in [5, 5.41) is 7.84. The van der Waals surface area contributed by atoms with Gasteiger partial charge in [-0.05, 0) is 53.9 Å². The summed E-state index contributed by atoms with van der Waals surface area (Å²) in [5.74, 6) is 1.86. The van der Waals surface area contributed by atoms with Gasteiger partial charge >= 0.3 is 0 Å². The molecule has 4 aromatic rings. The smallest absolute Gasteiger partial charge is 0.247 e. The Kier molecular flexibility index (Phi) is 5.58. The highest BCUT2D eigenvalue weighted by Gasteiger charge is 2.12. The van der Waals surface area contributed by atoms with Crippen molar-refractivity contribution in [2.45, 2.75) is 0 Å². The number of nitrogens with zero attached hydrogens (tertiary/aromatic N) is 2. The third-order valence-electron chi connectivity index (χ3n) is 4.12. The maximum absolute atomic E-state index is 11.5. The summed E-state index contributed by atoms with van der Waals surface area (Å²) in [5.41, 5.74) is 2.20. The molecule has 0 saturated heterocycles. The van der Waals surface area contributed by atoms with Crippen LogP contribution < -0.4 is 20.1 Å². The molecule has 150 valence electrons. The number of carbonyl (C=O) groups excluding carboxylic acids is 1. The van der Waals surface area contributed by atoms with Crippen LogP contribution in [0, 0.1) is 0 Å². The number of anilines is 3. The molecule has 2 aromatic carbocycles. The topological polar surface area (TPSA) is 85.4 Å². The Balaban J connectivity index is 1.62. The van der Waals surface area contributed by atoms with E-state index in [2.05, 4.69) is 27.2 Å². The zero-order chi connectivity index (χ0) is 20.9. The molecule has 1 amide bonds. The lowest BCUT2D eigenvalue weighted by Gasteiger charge is -2.11. The first-order valence-electron chi connectivity index (χ1n) is 9.02. The van der Waals surface area contributed by atoms with E-state index in [1.807, 2.05) is 35.7 Å². The molecule has 0 atom stereocenters. The number of carbonyl (C=O) groups is 1. The molecule has 0 saturated carbocycles. The monoisotopic (exact) mass is 418 g/mol. The van der Waals surface area contributed by atoms with Gasteiger partial charge in [0.05, 0.1) is 12.6 Å². The van der Waals surface area contributed by atoms with Crippen molar-refractivity contribution in [2.75, 3.05) is 17.7 Å². The lowest BCUT2D eigenvalue weighted by atomic mass is 10.3. The Morgan fingerprint density at radius 3 is 2.67 bits per heavy atom. The minimum absolute atomic E-state index is 0.291. The van der Waals surface area contributed by atoms with Gasteiger partial charge < -0.3 is 20.1 Å². The third-order valence-corrected chi connectivity index (χ3v) is 5.01. The molecule has 0 bridgehead atoms. The molecule has 0 fully saturated rings. The largest absolute Gasteiger partial charge is 0.497 e. The lowest BCUT2D eigenvalue weighted by molar-refractivity contribution is -0.111. The summed E-state index contributed by atoms with van der Waals surface area (Å²) < 4.78 is 12.1. The first-order valence-corrected chi connectivity index (χ1v) is 9.90. The van der Waals surface area contributed by atoms with Crippen molar-refractivity contribution in [2.24, 2.45) is 0 Å². The molecule has 8 heteroatoms. The van der Waals surface area contributed by atoms with Crippen LogP contribution in [0.1, 0.15) is 0 Å². The van der Waals surface area contributed by atoms with Gasteiger partial charge in [-0.3, -0.25) is 4.79 Å². The minimum atomic E-state index is -0.291. The summed E-state index contributed by atoms with van der Waals surface area (Å²) >= 11 is 1.49. The molecule has 7 nitrogen and oxygen atoms in total. The van der Waals surface area contributed by atoms with Crippen molar-refractivity contribution in [1.82, 2.24) is 9.97 Å². The van der Waals surface area contributed by atoms with Gasteiger partial charge in [0.2, 0.25) is 17.7 Å². The number of methoxy groups -OCH3 is 1. The van der Waals surface area contributed by atoms with Crippen LogP contribution >= 0.6 is 11.3 Å². The summed E-state index contributed by atoms with van der Waals surface area (Å²) in [6.07, 6.45) is 1.21. The van der Waals surface area contributed by atoms with Crippen molar-refractivity contribution in [3.8, 4) is 17.4 Å². The summed E-state index contributed by atoms with van der Waals surface area (Å²) in [7, 11) is 1.62. The fourth-order valence-electron chi connectivity index (χ4n) is 2.71. The standard InChI is InChI=1S/C22H18N4O3S/c1-3-19(27)23-15-5-4-6-17(13-15)29-21-20-18(11-12-30-20)25-22(26-21)24-14-7-9-16(28-2)10-8-14/h3-13H,1H2,2H3,(H,23,27)(H,24,25,26). The van der Waals surface area contributed by atoms with Gasteiger partial charge in [-0.25, -0.2) is 4.98 Å². The van der Waals surface area contributed by atoms with Crippen LogP contribution in [0.2, 0.25) is 0 Å². The summed E-state index contributed by atoms with van der Waals surface area (Å²) in [4.78, 5) is 20.6. The van der Waals surface area contributed by atoms with E-state index in [1.54, 1.807) is 31.4 Å². The molecule has 0 aliphatic carbocycles. The predicted octanol–water partition coefficient (Wildman–Crippen LogP) is 5.36. The normalized spacial score (nSPS) is 10.4. The van der Waals surface area contributed by atoms with E-state index in [-0.39, 0.29) is 5.91 Å². The van der Waals surface area contributed by atoms with Crippen molar-refractivity contribution >= 4 is 44.8 Å². The molecule has 4 rings (SSSR count). The second-order valence-corrected chi connectivity index (χ2v) is 7.08. The van der Waals surface area contributed by atoms with E-state index in [9.17, 15) is 4.79 Å². The molecule has 2 aromatic heterocycles. The SMILES string of the molecule is C=CC(=O)Nc1cccc(Oc2nc(Nc3ccc(OC)cc3)nc3ccsc23)c1. The molecule has 2 heterocycles. The molecule has 0 spiro atoms. The zero-order valence-corrected chi connectivity index (χ0v) is 16.9. The number of hydrogen-bond acceptors (Lipinski definition) is 7. The van der Waals surface area contributed by atoms with Crippen molar-refractivity contribution in [1.29, 1.82) is 0 Å². The van der Waals surface area contributed by atoms with Gasteiger partial charge in [0.15, 0.2) is 0 Å². The fourth-order valence-corrected chi connectivity index (χ4v) is 3.46. The Bertz CT molecular complexity index is 1200. The van der Waals surface area contributed by atoms with E-state index in [1.165, 1.54) is 17.4 Å². The van der Waals surface area contributed by atoms with Crippen molar-refractivity contribution < 1.29 is 14.3 Å². The number of hydrogen-bond donors (Lipinski definition) is 2. The molecule has 0 unspecified atom stereocenters. The number of benzene rings is 2. The number of fused-ring (bicyclic) bond motifs is 1. The van der Waals surface area contributed by atoms with Crippen LogP contribution in [0.25, 0.3) is 10.2 Å². The van der Waals surface area contributed by atoms with E-state index in [0.717, 1.165) is 21.7 Å². The minimum Gasteiger partial charge on any atom is -0.497 e. The molecule has 0 radical (unpaired) electrons. The Morgan fingerprint density at radius 1 is 1.07 bits per heavy atom. The van der Waals surface area contributed by atoms with Crippen LogP contribution in [0.15, 0.2) is 72.6 Å². The third kappa shape index (κ3) is 4.39. The highest BCUT2D eigenvalue weighted by Crippen LogP contribution is 2.33. The number of aromatic nitrogens is 2. The zero-order valence-electron chi connectivity index (χ0n) is 16.1.